The molecule has 2 aromatic heterocycles. The highest BCUT2D eigenvalue weighted by Crippen LogP contribution is 2.23. The number of carboxylic acids is 1. The second-order valence-corrected chi connectivity index (χ2v) is 5.89. The van der Waals surface area contributed by atoms with Crippen LogP contribution in [-0.2, 0) is 18.4 Å². The molecule has 0 saturated heterocycles. The molecule has 2 heterocycles. The average molecular weight is 321 g/mol. The number of H-pyrrole nitrogens is 1. The van der Waals surface area contributed by atoms with Crippen molar-refractivity contribution in [3.63, 3.8) is 0 Å². The van der Waals surface area contributed by atoms with Gasteiger partial charge < -0.3 is 10.4 Å². The van der Waals surface area contributed by atoms with Crippen molar-refractivity contribution in [3.05, 3.63) is 20.8 Å². The molecule has 0 spiro atoms. The van der Waals surface area contributed by atoms with E-state index in [1.807, 2.05) is 0 Å². The molecule has 3 N–H and O–H groups in total. The number of nitrogens with zero attached hydrogens (tertiary/aromatic N) is 3. The van der Waals surface area contributed by atoms with Gasteiger partial charge in [0.2, 0.25) is 5.95 Å². The molecule has 0 bridgehead atoms. The summed E-state index contributed by atoms with van der Waals surface area (Å²) in [6, 6.07) is 0.198. The summed E-state index contributed by atoms with van der Waals surface area (Å²) in [5, 5.41) is 12.4. The first-order valence-electron chi connectivity index (χ1n) is 7.65. The van der Waals surface area contributed by atoms with E-state index in [9.17, 15) is 14.4 Å². The van der Waals surface area contributed by atoms with Crippen LogP contribution >= 0.6 is 0 Å². The Bertz CT molecular complexity index is 856. The number of carbonyl (C=O) groups is 1. The molecule has 1 saturated carbocycles. The number of hydrogen-bond acceptors (Lipinski definition) is 5. The summed E-state index contributed by atoms with van der Waals surface area (Å²) in [4.78, 5) is 41.5. The Morgan fingerprint density at radius 3 is 2.70 bits per heavy atom. The Morgan fingerprint density at radius 1 is 1.35 bits per heavy atom. The summed E-state index contributed by atoms with van der Waals surface area (Å²) >= 11 is 0. The van der Waals surface area contributed by atoms with Crippen LogP contribution in [0.4, 0.5) is 5.95 Å². The molecule has 0 radical (unpaired) electrons. The van der Waals surface area contributed by atoms with Crippen molar-refractivity contribution in [3.8, 4) is 0 Å². The fraction of sp³-hybridized carbons (Fsp3) is 0.571. The number of aryl methyl sites for hydroxylation is 1. The van der Waals surface area contributed by atoms with Gasteiger partial charge in [-0.1, -0.05) is 19.3 Å². The van der Waals surface area contributed by atoms with E-state index in [1.54, 1.807) is 0 Å². The zero-order valence-electron chi connectivity index (χ0n) is 12.8. The van der Waals surface area contributed by atoms with Gasteiger partial charge in [-0.25, -0.2) is 4.79 Å². The van der Waals surface area contributed by atoms with E-state index in [0.717, 1.165) is 25.7 Å². The van der Waals surface area contributed by atoms with Crippen LogP contribution in [0.25, 0.3) is 11.2 Å². The van der Waals surface area contributed by atoms with E-state index in [0.29, 0.717) is 5.95 Å². The predicted octanol–water partition coefficient (Wildman–Crippen LogP) is 0.252. The summed E-state index contributed by atoms with van der Waals surface area (Å²) in [5.41, 5.74) is -0.939. The van der Waals surface area contributed by atoms with E-state index in [2.05, 4.69) is 15.3 Å². The summed E-state index contributed by atoms with van der Waals surface area (Å²) in [6.07, 6.45) is 5.36. The van der Waals surface area contributed by atoms with Gasteiger partial charge in [-0.2, -0.15) is 4.98 Å². The van der Waals surface area contributed by atoms with Gasteiger partial charge in [-0.3, -0.25) is 23.7 Å². The number of imidazole rings is 1. The first kappa shape index (κ1) is 15.3. The monoisotopic (exact) mass is 321 g/mol. The molecule has 9 nitrogen and oxygen atoms in total. The number of hydrogen-bond donors (Lipinski definition) is 3. The van der Waals surface area contributed by atoms with Crippen molar-refractivity contribution in [2.75, 3.05) is 5.32 Å². The van der Waals surface area contributed by atoms with Crippen LogP contribution in [-0.4, -0.2) is 36.2 Å². The fourth-order valence-corrected chi connectivity index (χ4v) is 3.06. The molecule has 3 rings (SSSR count). The number of aromatic nitrogens is 4. The van der Waals surface area contributed by atoms with Crippen molar-refractivity contribution in [1.29, 1.82) is 0 Å². The van der Waals surface area contributed by atoms with Crippen LogP contribution in [0.5, 0.6) is 0 Å². The minimum absolute atomic E-state index is 0.0906. The second-order valence-electron chi connectivity index (χ2n) is 5.89. The molecule has 9 heteroatoms. The molecule has 1 fully saturated rings. The van der Waals surface area contributed by atoms with Crippen molar-refractivity contribution >= 4 is 23.1 Å². The quantitative estimate of drug-likeness (QED) is 0.742. The third-order valence-corrected chi connectivity index (χ3v) is 4.24. The van der Waals surface area contributed by atoms with Gasteiger partial charge in [-0.15, -0.1) is 0 Å². The Hall–Kier alpha value is -2.58. The third kappa shape index (κ3) is 2.86. The van der Waals surface area contributed by atoms with Crippen LogP contribution in [0.2, 0.25) is 0 Å². The normalized spacial score (nSPS) is 15.9. The molecular formula is C14H19N5O4. The maximum Gasteiger partial charge on any atom is 0.329 e. The van der Waals surface area contributed by atoms with Crippen LogP contribution in [0, 0.1) is 0 Å². The third-order valence-electron chi connectivity index (χ3n) is 4.24. The van der Waals surface area contributed by atoms with Crippen molar-refractivity contribution in [2.45, 2.75) is 44.7 Å². The fourth-order valence-electron chi connectivity index (χ4n) is 3.06. The lowest BCUT2D eigenvalue weighted by Gasteiger charge is -2.23. The maximum atomic E-state index is 12.1. The molecule has 0 aromatic carbocycles. The van der Waals surface area contributed by atoms with Gasteiger partial charge in [0.1, 0.15) is 6.54 Å². The summed E-state index contributed by atoms with van der Waals surface area (Å²) in [7, 11) is 1.49. The molecule has 124 valence electrons. The van der Waals surface area contributed by atoms with Crippen LogP contribution in [0.15, 0.2) is 9.59 Å². The SMILES string of the molecule is Cn1c(=O)[nH]c(=O)c2c1nc(NC1CCCCC1)n2CC(=O)O. The number of nitrogens with one attached hydrogen (secondary N) is 2. The van der Waals surface area contributed by atoms with E-state index in [-0.39, 0.29) is 17.2 Å². The minimum Gasteiger partial charge on any atom is -0.480 e. The molecule has 0 aliphatic heterocycles. The Labute approximate surface area is 131 Å². The highest BCUT2D eigenvalue weighted by molar-refractivity contribution is 5.77. The Kier molecular flexibility index (Phi) is 3.93. The number of anilines is 1. The highest BCUT2D eigenvalue weighted by atomic mass is 16.4. The van der Waals surface area contributed by atoms with E-state index in [4.69, 9.17) is 5.11 Å². The summed E-state index contributed by atoms with van der Waals surface area (Å²) < 4.78 is 2.53. The zero-order chi connectivity index (χ0) is 16.6. The number of rotatable bonds is 4. The predicted molar refractivity (Wildman–Crippen MR) is 83.7 cm³/mol. The van der Waals surface area contributed by atoms with Crippen LogP contribution in [0.3, 0.4) is 0 Å². The topological polar surface area (TPSA) is 122 Å². The first-order chi connectivity index (χ1) is 11.0. The molecule has 23 heavy (non-hydrogen) atoms. The number of aliphatic carboxylic acids is 1. The van der Waals surface area contributed by atoms with Gasteiger partial charge in [0.25, 0.3) is 5.56 Å². The molecule has 1 aliphatic carbocycles. The average Bonchev–Trinajstić information content (AvgIpc) is 2.84. The van der Waals surface area contributed by atoms with Crippen molar-refractivity contribution in [2.24, 2.45) is 7.05 Å². The summed E-state index contributed by atoms with van der Waals surface area (Å²) in [6.45, 7) is -0.396. The summed E-state index contributed by atoms with van der Waals surface area (Å²) in [5.74, 6) is -0.759. The van der Waals surface area contributed by atoms with E-state index in [1.165, 1.54) is 22.6 Å². The molecule has 2 aromatic rings. The van der Waals surface area contributed by atoms with Crippen LogP contribution in [0.1, 0.15) is 32.1 Å². The van der Waals surface area contributed by atoms with Gasteiger partial charge in [0, 0.05) is 13.1 Å². The molecule has 0 atom stereocenters. The van der Waals surface area contributed by atoms with Crippen molar-refractivity contribution in [1.82, 2.24) is 19.1 Å². The van der Waals surface area contributed by atoms with Gasteiger partial charge >= 0.3 is 11.7 Å². The van der Waals surface area contributed by atoms with E-state index < -0.39 is 23.8 Å². The smallest absolute Gasteiger partial charge is 0.329 e. The highest BCUT2D eigenvalue weighted by Gasteiger charge is 2.22. The van der Waals surface area contributed by atoms with Gasteiger partial charge in [-0.05, 0) is 12.8 Å². The van der Waals surface area contributed by atoms with Gasteiger partial charge in [0.05, 0.1) is 0 Å². The molecule has 0 unspecified atom stereocenters. The molecule has 1 aliphatic rings. The zero-order valence-corrected chi connectivity index (χ0v) is 12.8. The second kappa shape index (κ2) is 5.90. The Morgan fingerprint density at radius 2 is 2.04 bits per heavy atom. The van der Waals surface area contributed by atoms with Crippen LogP contribution < -0.4 is 16.6 Å². The Balaban J connectivity index is 2.13. The van der Waals surface area contributed by atoms with E-state index >= 15 is 0 Å². The molecular weight excluding hydrogens is 302 g/mol. The lowest BCUT2D eigenvalue weighted by atomic mass is 9.96. The maximum absolute atomic E-state index is 12.1. The number of fused-ring (bicyclic) bond motifs is 1. The standard InChI is InChI=1S/C14H19N5O4/c1-18-11-10(12(22)17-14(18)23)19(7-9(20)21)13(16-11)15-8-5-3-2-4-6-8/h8H,2-7H2,1H3,(H,15,16)(H,20,21)(H,17,22,23). The largest absolute Gasteiger partial charge is 0.480 e. The lowest BCUT2D eigenvalue weighted by Crippen LogP contribution is -2.30. The lowest BCUT2D eigenvalue weighted by molar-refractivity contribution is -0.137. The number of aromatic amines is 1. The number of carboxylic acid groups (broad SMARTS) is 1. The minimum atomic E-state index is -1.08. The first-order valence-corrected chi connectivity index (χ1v) is 7.65. The van der Waals surface area contributed by atoms with Crippen molar-refractivity contribution < 1.29 is 9.90 Å². The molecule has 0 amide bonds. The van der Waals surface area contributed by atoms with Gasteiger partial charge in [0.15, 0.2) is 11.2 Å².